The van der Waals surface area contributed by atoms with E-state index in [-0.39, 0.29) is 5.56 Å². The molecule has 1 aliphatic heterocycles. The van der Waals surface area contributed by atoms with Crippen molar-refractivity contribution in [2.75, 3.05) is 0 Å². The first-order valence-corrected chi connectivity index (χ1v) is 2.93. The van der Waals surface area contributed by atoms with Crippen molar-refractivity contribution in [3.05, 3.63) is 28.6 Å². The van der Waals surface area contributed by atoms with E-state index in [0.717, 1.165) is 5.46 Å². The molecule has 0 saturated carbocycles. The van der Waals surface area contributed by atoms with E-state index >= 15 is 0 Å². The average Bonchev–Trinajstić information content (AvgIpc) is 2.36. The zero-order valence-corrected chi connectivity index (χ0v) is 5.13. The van der Waals surface area contributed by atoms with Gasteiger partial charge in [-0.1, -0.05) is 0 Å². The molecule has 48 valence electrons. The van der Waals surface area contributed by atoms with E-state index in [2.05, 4.69) is 9.59 Å². The predicted molar refractivity (Wildman–Crippen MR) is 37.3 cm³/mol. The maximum absolute atomic E-state index is 10.9. The fourth-order valence-corrected chi connectivity index (χ4v) is 0.945. The van der Waals surface area contributed by atoms with Gasteiger partial charge in [0, 0.05) is 0 Å². The average molecular weight is 133 g/mol. The molecule has 0 fully saturated rings. The molecule has 0 atom stereocenters. The van der Waals surface area contributed by atoms with E-state index in [0.29, 0.717) is 5.56 Å². The fourth-order valence-electron chi connectivity index (χ4n) is 0.945. The van der Waals surface area contributed by atoms with Crippen LogP contribution in [-0.4, -0.2) is 12.3 Å². The number of H-pyrrole nitrogens is 1. The second kappa shape index (κ2) is 1.83. The topological polar surface area (TPSA) is 46.0 Å². The van der Waals surface area contributed by atoms with Crippen molar-refractivity contribution >= 4 is 7.13 Å². The van der Waals surface area contributed by atoms with Crippen LogP contribution in [0.3, 0.4) is 0 Å². The molecule has 0 spiro atoms. The second-order valence-electron chi connectivity index (χ2n) is 2.06. The first-order chi connectivity index (χ1) is 4.88. The molecule has 1 aliphatic carbocycles. The van der Waals surface area contributed by atoms with Crippen LogP contribution in [0.2, 0.25) is 0 Å². The summed E-state index contributed by atoms with van der Waals surface area (Å²) >= 11 is 0. The van der Waals surface area contributed by atoms with Gasteiger partial charge in [-0.15, -0.1) is 0 Å². The number of aromatic nitrogens is 1. The first kappa shape index (κ1) is 5.47. The summed E-state index contributed by atoms with van der Waals surface area (Å²) in [6, 6.07) is 5.40. The van der Waals surface area contributed by atoms with Crippen molar-refractivity contribution in [2.45, 2.75) is 0 Å². The number of rotatable bonds is 0. The minimum absolute atomic E-state index is 0.178. The van der Waals surface area contributed by atoms with Crippen molar-refractivity contribution in [2.24, 2.45) is 0 Å². The van der Waals surface area contributed by atoms with Gasteiger partial charge in [-0.25, -0.2) is 0 Å². The van der Waals surface area contributed by atoms with Gasteiger partial charge in [-0.3, -0.25) is 0 Å². The summed E-state index contributed by atoms with van der Waals surface area (Å²) in [5.74, 6) is 0. The number of hydrogen-bond donors (Lipinski definition) is 1. The number of aromatic amines is 1. The third-order valence-corrected chi connectivity index (χ3v) is 1.43. The fraction of sp³-hybridized carbons (Fsp3) is 0. The van der Waals surface area contributed by atoms with Gasteiger partial charge in [0.15, 0.2) is 0 Å². The van der Waals surface area contributed by atoms with Gasteiger partial charge in [0.2, 0.25) is 0 Å². The number of fused-ring (bicyclic) bond motifs is 1. The summed E-state index contributed by atoms with van der Waals surface area (Å²) in [7, 11) is 1.51. The normalized spacial score (nSPS) is 10.0. The summed E-state index contributed by atoms with van der Waals surface area (Å²) in [4.78, 5) is 10.9. The van der Waals surface area contributed by atoms with Crippen molar-refractivity contribution in [3.63, 3.8) is 0 Å². The quantitative estimate of drug-likeness (QED) is 0.565. The summed E-state index contributed by atoms with van der Waals surface area (Å²) in [6.45, 7) is 0. The number of nitrogens with one attached hydrogen (secondary N) is 1. The Morgan fingerprint density at radius 1 is 1.50 bits per heavy atom. The molecule has 0 aromatic rings. The van der Waals surface area contributed by atoms with Gasteiger partial charge >= 0.3 is 56.3 Å². The van der Waals surface area contributed by atoms with Crippen LogP contribution in [0.4, 0.5) is 0 Å². The first-order valence-electron chi connectivity index (χ1n) is 2.93. The van der Waals surface area contributed by atoms with Crippen LogP contribution >= 0.6 is 0 Å². The predicted octanol–water partition coefficient (Wildman–Crippen LogP) is 0.411. The zero-order valence-electron chi connectivity index (χ0n) is 5.13. The third kappa shape index (κ3) is 0.619. The molecule has 10 heavy (non-hydrogen) atoms. The van der Waals surface area contributed by atoms with Gasteiger partial charge in [-0.2, -0.15) is 0 Å². The molecule has 4 heteroatoms. The molecule has 1 N–H and O–H groups in total. The molecule has 0 aromatic carbocycles. The molecular formula is C6H4BNO2. The van der Waals surface area contributed by atoms with Gasteiger partial charge in [0.05, 0.1) is 0 Å². The van der Waals surface area contributed by atoms with Crippen LogP contribution < -0.4 is 5.56 Å². The molecular weight excluding hydrogens is 129 g/mol. The van der Waals surface area contributed by atoms with Crippen molar-refractivity contribution < 1.29 is 4.44 Å². The monoisotopic (exact) mass is 133 g/mol. The standard InChI is InChI=1S/C6H4BNO2/c9-6-4-2-1-3-5(4)7-10-8-6/h1-3H,(H,8,9). The van der Waals surface area contributed by atoms with Gasteiger partial charge < -0.3 is 0 Å². The summed E-state index contributed by atoms with van der Waals surface area (Å²) in [6.07, 6.45) is 0. The third-order valence-electron chi connectivity index (χ3n) is 1.43. The summed E-state index contributed by atoms with van der Waals surface area (Å²) < 4.78 is 4.64. The van der Waals surface area contributed by atoms with Gasteiger partial charge in [-0.05, 0) is 0 Å². The Labute approximate surface area is 57.2 Å². The number of hydrogen-bond acceptors (Lipinski definition) is 2. The Morgan fingerprint density at radius 3 is 3.20 bits per heavy atom. The van der Waals surface area contributed by atoms with Crippen LogP contribution in [0.1, 0.15) is 0 Å². The SMILES string of the molecule is O=c1[nH]obc2cccc1-2. The summed E-state index contributed by atoms with van der Waals surface area (Å²) in [5, 5.41) is 2.23. The van der Waals surface area contributed by atoms with E-state index in [1.165, 1.54) is 7.13 Å². The molecule has 0 amide bonds. The Morgan fingerprint density at radius 2 is 2.40 bits per heavy atom. The Bertz CT molecular complexity index is 364. The van der Waals surface area contributed by atoms with Crippen LogP contribution in [-0.2, 0) is 0 Å². The Balaban J connectivity index is 2.93. The van der Waals surface area contributed by atoms with Gasteiger partial charge in [0.1, 0.15) is 0 Å². The Hall–Kier alpha value is -1.32. The van der Waals surface area contributed by atoms with E-state index in [1.807, 2.05) is 12.1 Å². The minimum atomic E-state index is -0.178. The molecule has 0 radical (unpaired) electrons. The molecule has 3 nitrogen and oxygen atoms in total. The Kier molecular flexibility index (Phi) is 1.00. The van der Waals surface area contributed by atoms with E-state index in [4.69, 9.17) is 0 Å². The molecule has 0 aromatic heterocycles. The van der Waals surface area contributed by atoms with E-state index in [9.17, 15) is 4.79 Å². The van der Waals surface area contributed by atoms with E-state index < -0.39 is 0 Å². The van der Waals surface area contributed by atoms with Crippen molar-refractivity contribution in [1.29, 1.82) is 0 Å². The second-order valence-corrected chi connectivity index (χ2v) is 2.06. The maximum atomic E-state index is 10.9. The van der Waals surface area contributed by atoms with Crippen LogP contribution in [0.15, 0.2) is 27.4 Å². The molecule has 0 unspecified atom stereocenters. The van der Waals surface area contributed by atoms with Crippen LogP contribution in [0.25, 0.3) is 11.0 Å². The molecule has 2 aliphatic rings. The summed E-state index contributed by atoms with van der Waals surface area (Å²) in [5.41, 5.74) is 1.33. The van der Waals surface area contributed by atoms with E-state index in [1.54, 1.807) is 6.07 Å². The molecule has 2 rings (SSSR count). The van der Waals surface area contributed by atoms with Crippen LogP contribution in [0.5, 0.6) is 0 Å². The van der Waals surface area contributed by atoms with Gasteiger partial charge in [0.25, 0.3) is 0 Å². The van der Waals surface area contributed by atoms with Crippen LogP contribution in [0, 0.1) is 0 Å². The molecule has 0 bridgehead atoms. The molecule has 1 heterocycles. The molecule has 0 saturated heterocycles. The zero-order chi connectivity index (χ0) is 6.97. The van der Waals surface area contributed by atoms with Crippen molar-refractivity contribution in [3.8, 4) is 11.0 Å². The van der Waals surface area contributed by atoms with Crippen molar-refractivity contribution in [1.82, 2.24) is 5.16 Å².